The number of carbonyl (C=O) groups is 2. The van der Waals surface area contributed by atoms with Crippen LogP contribution in [0.5, 0.6) is 0 Å². The summed E-state index contributed by atoms with van der Waals surface area (Å²) in [6.07, 6.45) is 13.5. The van der Waals surface area contributed by atoms with Crippen LogP contribution in [0, 0.1) is 0 Å². The maximum Gasteiger partial charge on any atom is 0.318 e. The van der Waals surface area contributed by atoms with Crippen molar-refractivity contribution in [2.24, 2.45) is 0 Å². The molecule has 3 heteroatoms. The van der Waals surface area contributed by atoms with E-state index >= 15 is 0 Å². The van der Waals surface area contributed by atoms with Gasteiger partial charge in [-0.05, 0) is 6.42 Å². The first-order valence-corrected chi connectivity index (χ1v) is 7.66. The van der Waals surface area contributed by atoms with Gasteiger partial charge in [-0.3, -0.25) is 9.59 Å². The van der Waals surface area contributed by atoms with Crippen LogP contribution in [0.2, 0.25) is 0 Å². The first-order valence-electron chi connectivity index (χ1n) is 7.66. The van der Waals surface area contributed by atoms with Gasteiger partial charge in [-0.2, -0.15) is 0 Å². The van der Waals surface area contributed by atoms with E-state index in [1.807, 2.05) is 0 Å². The van der Waals surface area contributed by atoms with Crippen LogP contribution in [0.25, 0.3) is 0 Å². The fraction of sp³-hybridized carbons (Fsp3) is 0.750. The molecule has 0 amide bonds. The molecule has 0 aromatic carbocycles. The molecule has 3 nitrogen and oxygen atoms in total. The Morgan fingerprint density at radius 3 is 2.11 bits per heavy atom. The van der Waals surface area contributed by atoms with Gasteiger partial charge in [0.05, 0.1) is 0 Å². The van der Waals surface area contributed by atoms with Gasteiger partial charge in [0.25, 0.3) is 0 Å². The number of carbonyl (C=O) groups excluding carboxylic acids is 2. The predicted molar refractivity (Wildman–Crippen MR) is 75.6 cm³/mol. The van der Waals surface area contributed by atoms with Crippen LogP contribution in [-0.4, -0.2) is 11.8 Å². The van der Waals surface area contributed by atoms with Crippen LogP contribution in [0.4, 0.5) is 0 Å². The third-order valence-electron chi connectivity index (χ3n) is 3.41. The largest absolute Gasteiger partial charge is 0.431 e. The van der Waals surface area contributed by atoms with Gasteiger partial charge in [0.2, 0.25) is 0 Å². The molecule has 1 rings (SSSR count). The van der Waals surface area contributed by atoms with Crippen LogP contribution in [0.3, 0.4) is 0 Å². The normalized spacial score (nSPS) is 15.3. The molecule has 0 radical (unpaired) electrons. The fourth-order valence-corrected chi connectivity index (χ4v) is 2.32. The standard InChI is InChI=1S/C16H26O3/c1-2-3-4-5-6-7-8-9-10-11-15-12-14(17)13-16(18)19-15/h12H,2-11,13H2,1H3. The summed E-state index contributed by atoms with van der Waals surface area (Å²) in [6, 6.07) is 0. The van der Waals surface area contributed by atoms with Gasteiger partial charge in [0, 0.05) is 12.5 Å². The molecule has 0 saturated heterocycles. The number of hydrogen-bond acceptors (Lipinski definition) is 3. The number of allylic oxidation sites excluding steroid dienone is 2. The molecule has 1 aliphatic heterocycles. The second-order valence-corrected chi connectivity index (χ2v) is 5.31. The molecule has 0 N–H and O–H groups in total. The molecule has 108 valence electrons. The zero-order chi connectivity index (χ0) is 13.9. The third kappa shape index (κ3) is 7.81. The van der Waals surface area contributed by atoms with Crippen molar-refractivity contribution >= 4 is 11.8 Å². The average Bonchev–Trinajstić information content (AvgIpc) is 2.36. The number of rotatable bonds is 10. The molecule has 1 heterocycles. The van der Waals surface area contributed by atoms with E-state index in [0.29, 0.717) is 12.2 Å². The molecule has 0 spiro atoms. The summed E-state index contributed by atoms with van der Waals surface area (Å²) in [6.45, 7) is 2.23. The number of ketones is 1. The van der Waals surface area contributed by atoms with Crippen LogP contribution < -0.4 is 0 Å². The highest BCUT2D eigenvalue weighted by atomic mass is 16.5. The molecule has 0 saturated carbocycles. The van der Waals surface area contributed by atoms with Crippen LogP contribution in [0.15, 0.2) is 11.8 Å². The minimum atomic E-state index is -0.404. The Bertz CT molecular complexity index is 318. The molecule has 0 aromatic rings. The summed E-state index contributed by atoms with van der Waals surface area (Å²) in [5.41, 5.74) is 0. The Hall–Kier alpha value is -1.12. The number of unbranched alkanes of at least 4 members (excludes halogenated alkanes) is 8. The van der Waals surface area contributed by atoms with Crippen molar-refractivity contribution in [3.63, 3.8) is 0 Å². The molecule has 0 aromatic heterocycles. The van der Waals surface area contributed by atoms with Crippen molar-refractivity contribution in [1.82, 2.24) is 0 Å². The van der Waals surface area contributed by atoms with E-state index in [0.717, 1.165) is 12.8 Å². The lowest BCUT2D eigenvalue weighted by molar-refractivity contribution is -0.143. The monoisotopic (exact) mass is 266 g/mol. The van der Waals surface area contributed by atoms with E-state index in [2.05, 4.69) is 6.92 Å². The van der Waals surface area contributed by atoms with Crippen molar-refractivity contribution < 1.29 is 14.3 Å². The first kappa shape index (κ1) is 15.9. The quantitative estimate of drug-likeness (QED) is 0.336. The Kier molecular flexibility index (Phi) is 8.19. The topological polar surface area (TPSA) is 43.4 Å². The second-order valence-electron chi connectivity index (χ2n) is 5.31. The molecule has 0 fully saturated rings. The van der Waals surface area contributed by atoms with Gasteiger partial charge in [0.15, 0.2) is 5.78 Å². The van der Waals surface area contributed by atoms with E-state index in [9.17, 15) is 9.59 Å². The highest BCUT2D eigenvalue weighted by molar-refractivity contribution is 6.04. The molecule has 0 bridgehead atoms. The number of cyclic esters (lactones) is 1. The SMILES string of the molecule is CCCCCCCCCCCC1=CC(=O)CC(=O)O1. The lowest BCUT2D eigenvalue weighted by Gasteiger charge is -2.12. The molecular formula is C16H26O3. The summed E-state index contributed by atoms with van der Waals surface area (Å²) < 4.78 is 5.03. The summed E-state index contributed by atoms with van der Waals surface area (Å²) in [5.74, 6) is 0.0322. The lowest BCUT2D eigenvalue weighted by Crippen LogP contribution is -2.16. The highest BCUT2D eigenvalue weighted by Gasteiger charge is 2.18. The first-order chi connectivity index (χ1) is 9.22. The minimum Gasteiger partial charge on any atom is -0.431 e. The van der Waals surface area contributed by atoms with E-state index in [-0.39, 0.29) is 12.2 Å². The van der Waals surface area contributed by atoms with E-state index < -0.39 is 5.97 Å². The van der Waals surface area contributed by atoms with Gasteiger partial charge < -0.3 is 4.74 Å². The molecule has 19 heavy (non-hydrogen) atoms. The molecule has 1 aliphatic rings. The van der Waals surface area contributed by atoms with Gasteiger partial charge in [-0.25, -0.2) is 0 Å². The maximum absolute atomic E-state index is 11.2. The Morgan fingerprint density at radius 1 is 0.947 bits per heavy atom. The number of hydrogen-bond donors (Lipinski definition) is 0. The predicted octanol–water partition coefficient (Wildman–Crippen LogP) is 4.31. The highest BCUT2D eigenvalue weighted by Crippen LogP contribution is 2.17. The van der Waals surface area contributed by atoms with Crippen LogP contribution in [-0.2, 0) is 14.3 Å². The molecular weight excluding hydrogens is 240 g/mol. The minimum absolute atomic E-state index is 0.0960. The molecule has 0 unspecified atom stereocenters. The lowest BCUT2D eigenvalue weighted by atomic mass is 10.1. The van der Waals surface area contributed by atoms with Crippen LogP contribution in [0.1, 0.15) is 77.6 Å². The van der Waals surface area contributed by atoms with Crippen molar-refractivity contribution in [2.75, 3.05) is 0 Å². The van der Waals surface area contributed by atoms with E-state index in [1.165, 1.54) is 51.0 Å². The zero-order valence-corrected chi connectivity index (χ0v) is 12.1. The fourth-order valence-electron chi connectivity index (χ4n) is 2.32. The van der Waals surface area contributed by atoms with Crippen LogP contribution >= 0.6 is 0 Å². The van der Waals surface area contributed by atoms with E-state index in [1.54, 1.807) is 0 Å². The molecule has 0 aliphatic carbocycles. The van der Waals surface area contributed by atoms with E-state index in [4.69, 9.17) is 4.74 Å². The van der Waals surface area contributed by atoms with Gasteiger partial charge in [0.1, 0.15) is 12.2 Å². The zero-order valence-electron chi connectivity index (χ0n) is 12.1. The van der Waals surface area contributed by atoms with Crippen molar-refractivity contribution in [1.29, 1.82) is 0 Å². The average molecular weight is 266 g/mol. The van der Waals surface area contributed by atoms with Crippen molar-refractivity contribution in [3.05, 3.63) is 11.8 Å². The maximum atomic E-state index is 11.2. The Balaban J connectivity index is 1.96. The Morgan fingerprint density at radius 2 is 1.53 bits per heavy atom. The van der Waals surface area contributed by atoms with Crippen molar-refractivity contribution in [2.45, 2.75) is 77.6 Å². The molecule has 0 atom stereocenters. The van der Waals surface area contributed by atoms with Gasteiger partial charge in [-0.1, -0.05) is 58.3 Å². The second kappa shape index (κ2) is 9.76. The van der Waals surface area contributed by atoms with Gasteiger partial charge >= 0.3 is 5.97 Å². The van der Waals surface area contributed by atoms with Gasteiger partial charge in [-0.15, -0.1) is 0 Å². The number of ether oxygens (including phenoxy) is 1. The number of esters is 1. The summed E-state index contributed by atoms with van der Waals surface area (Å²) >= 11 is 0. The summed E-state index contributed by atoms with van der Waals surface area (Å²) in [7, 11) is 0. The smallest absolute Gasteiger partial charge is 0.318 e. The Labute approximate surface area is 116 Å². The summed E-state index contributed by atoms with van der Waals surface area (Å²) in [5, 5.41) is 0. The third-order valence-corrected chi connectivity index (χ3v) is 3.41. The summed E-state index contributed by atoms with van der Waals surface area (Å²) in [4.78, 5) is 22.2. The van der Waals surface area contributed by atoms with Crippen molar-refractivity contribution in [3.8, 4) is 0 Å².